The number of ether oxygens (including phenoxy) is 1. The number of nitrogens with zero attached hydrogens (tertiary/aromatic N) is 1. The summed E-state index contributed by atoms with van der Waals surface area (Å²) in [7, 11) is -2.13. The van der Waals surface area contributed by atoms with Crippen LogP contribution >= 0.6 is 0 Å². The van der Waals surface area contributed by atoms with Crippen molar-refractivity contribution in [3.05, 3.63) is 102 Å². The minimum Gasteiger partial charge on any atom is -0.497 e. The first-order valence-corrected chi connectivity index (χ1v) is 10.3. The van der Waals surface area contributed by atoms with Gasteiger partial charge in [-0.3, -0.25) is 0 Å². The number of benzene rings is 3. The van der Waals surface area contributed by atoms with E-state index in [0.29, 0.717) is 0 Å². The highest BCUT2D eigenvalue weighted by atomic mass is 32.2. The lowest BCUT2D eigenvalue weighted by atomic mass is 10.1. The van der Waals surface area contributed by atoms with Gasteiger partial charge in [-0.1, -0.05) is 48.5 Å². The molecule has 3 aromatic rings. The largest absolute Gasteiger partial charge is 0.497 e. The molecule has 0 spiro atoms. The number of methoxy groups -OCH3 is 1. The van der Waals surface area contributed by atoms with Gasteiger partial charge in [-0.15, -0.1) is 4.41 Å². The fraction of sp³-hybridized carbons (Fsp3) is 0.0909. The van der Waals surface area contributed by atoms with Crippen molar-refractivity contribution in [3.8, 4) is 5.75 Å². The van der Waals surface area contributed by atoms with E-state index in [1.54, 1.807) is 37.4 Å². The van der Waals surface area contributed by atoms with Crippen molar-refractivity contribution in [3.63, 3.8) is 0 Å². The van der Waals surface area contributed by atoms with E-state index in [1.807, 2.05) is 60.7 Å². The third kappa shape index (κ3) is 3.40. The van der Waals surface area contributed by atoms with Crippen molar-refractivity contribution < 1.29 is 13.2 Å². The van der Waals surface area contributed by atoms with Crippen LogP contribution in [0.5, 0.6) is 5.75 Å². The zero-order valence-corrected chi connectivity index (χ0v) is 16.1. The Morgan fingerprint density at radius 2 is 1.46 bits per heavy atom. The van der Waals surface area contributed by atoms with E-state index in [4.69, 9.17) is 4.74 Å². The molecule has 3 aromatic carbocycles. The zero-order valence-electron chi connectivity index (χ0n) is 15.3. The summed E-state index contributed by atoms with van der Waals surface area (Å²) in [6.45, 7) is 0. The fourth-order valence-electron chi connectivity index (χ4n) is 3.18. The maximum Gasteiger partial charge on any atom is 0.260 e. The van der Waals surface area contributed by atoms with Crippen LogP contribution in [0, 0.1) is 0 Å². The van der Waals surface area contributed by atoms with Crippen molar-refractivity contribution in [2.75, 3.05) is 7.11 Å². The van der Waals surface area contributed by atoms with E-state index in [-0.39, 0.29) is 4.90 Å². The highest BCUT2D eigenvalue weighted by Gasteiger charge is 2.36. The lowest BCUT2D eigenvalue weighted by Gasteiger charge is -2.25. The molecule has 5 nitrogen and oxygen atoms in total. The molecule has 0 unspecified atom stereocenters. The Bertz CT molecular complexity index is 1080. The monoisotopic (exact) mass is 392 g/mol. The van der Waals surface area contributed by atoms with Crippen molar-refractivity contribution in [1.82, 2.24) is 9.84 Å². The molecule has 0 amide bonds. The van der Waals surface area contributed by atoms with Gasteiger partial charge in [-0.2, -0.15) is 0 Å². The van der Waals surface area contributed by atoms with Gasteiger partial charge < -0.3 is 10.2 Å². The summed E-state index contributed by atoms with van der Waals surface area (Å²) in [5.74, 6) is 0.746. The van der Waals surface area contributed by atoms with E-state index in [0.717, 1.165) is 22.6 Å². The SMILES string of the molecule is COc1ccc(C2=C[C@H](c3ccccc3)N(S(=O)(=O)c3ccccc3)N2)cc1. The molecule has 0 bridgehead atoms. The molecule has 1 heterocycles. The van der Waals surface area contributed by atoms with Crippen molar-refractivity contribution in [2.45, 2.75) is 10.9 Å². The third-order valence-corrected chi connectivity index (χ3v) is 6.35. The van der Waals surface area contributed by atoms with Gasteiger partial charge in [0, 0.05) is 0 Å². The van der Waals surface area contributed by atoms with Gasteiger partial charge >= 0.3 is 0 Å². The maximum atomic E-state index is 13.3. The second-order valence-electron chi connectivity index (χ2n) is 6.39. The first-order chi connectivity index (χ1) is 13.6. The molecular weight excluding hydrogens is 372 g/mol. The summed E-state index contributed by atoms with van der Waals surface area (Å²) >= 11 is 0. The highest BCUT2D eigenvalue weighted by molar-refractivity contribution is 7.89. The Kier molecular flexibility index (Phi) is 4.90. The van der Waals surface area contributed by atoms with Crippen LogP contribution in [0.15, 0.2) is 95.9 Å². The maximum absolute atomic E-state index is 13.3. The summed E-state index contributed by atoms with van der Waals surface area (Å²) in [6, 6.07) is 25.1. The molecule has 0 fully saturated rings. The van der Waals surface area contributed by atoms with Crippen LogP contribution in [0.3, 0.4) is 0 Å². The Labute approximate surface area is 164 Å². The summed E-state index contributed by atoms with van der Waals surface area (Å²) in [6.07, 6.45) is 1.93. The van der Waals surface area contributed by atoms with Gasteiger partial charge in [-0.05, 0) is 53.6 Å². The van der Waals surface area contributed by atoms with Crippen LogP contribution in [0.2, 0.25) is 0 Å². The zero-order chi connectivity index (χ0) is 19.6. The first-order valence-electron chi connectivity index (χ1n) is 8.87. The van der Waals surface area contributed by atoms with Crippen LogP contribution in [0.1, 0.15) is 17.2 Å². The minimum absolute atomic E-state index is 0.243. The number of hydrogen-bond acceptors (Lipinski definition) is 4. The van der Waals surface area contributed by atoms with Crippen LogP contribution in [-0.4, -0.2) is 19.9 Å². The molecular formula is C22H20N2O3S. The Morgan fingerprint density at radius 3 is 2.07 bits per heavy atom. The second-order valence-corrected chi connectivity index (χ2v) is 8.21. The summed E-state index contributed by atoms with van der Waals surface area (Å²) in [4.78, 5) is 0.243. The molecule has 0 aromatic heterocycles. The Balaban J connectivity index is 1.76. The standard InChI is InChI=1S/C22H20N2O3S/c1-27-19-14-12-17(13-15-19)21-16-22(18-8-4-2-5-9-18)24(23-21)28(25,26)20-10-6-3-7-11-20/h2-16,22-23H,1H3/t22-/m1/s1. The molecule has 1 N–H and O–H groups in total. The van der Waals surface area contributed by atoms with Gasteiger partial charge in [0.2, 0.25) is 0 Å². The van der Waals surface area contributed by atoms with E-state index >= 15 is 0 Å². The average Bonchev–Trinajstić information content (AvgIpc) is 3.21. The highest BCUT2D eigenvalue weighted by Crippen LogP contribution is 2.35. The quantitative estimate of drug-likeness (QED) is 0.713. The molecule has 0 radical (unpaired) electrons. The summed E-state index contributed by atoms with van der Waals surface area (Å²) < 4.78 is 33.1. The predicted molar refractivity (Wildman–Crippen MR) is 109 cm³/mol. The van der Waals surface area contributed by atoms with Crippen LogP contribution in [0.25, 0.3) is 5.70 Å². The molecule has 142 valence electrons. The molecule has 1 aliphatic rings. The van der Waals surface area contributed by atoms with Gasteiger partial charge in [0.15, 0.2) is 0 Å². The first kappa shape index (κ1) is 18.3. The molecule has 6 heteroatoms. The number of nitrogens with one attached hydrogen (secondary N) is 1. The number of hydrogen-bond donors (Lipinski definition) is 1. The molecule has 4 rings (SSSR count). The van der Waals surface area contributed by atoms with Crippen LogP contribution in [0.4, 0.5) is 0 Å². The van der Waals surface area contributed by atoms with Crippen molar-refractivity contribution in [1.29, 1.82) is 0 Å². The molecule has 0 aliphatic carbocycles. The minimum atomic E-state index is -3.74. The van der Waals surface area contributed by atoms with Crippen LogP contribution in [-0.2, 0) is 10.0 Å². The smallest absolute Gasteiger partial charge is 0.260 e. The average molecular weight is 392 g/mol. The molecule has 1 aliphatic heterocycles. The number of hydrazine groups is 1. The lowest BCUT2D eigenvalue weighted by molar-refractivity contribution is 0.348. The van der Waals surface area contributed by atoms with Gasteiger partial charge in [0.05, 0.1) is 23.7 Å². The van der Waals surface area contributed by atoms with E-state index in [9.17, 15) is 8.42 Å². The number of sulfonamides is 1. The molecule has 28 heavy (non-hydrogen) atoms. The summed E-state index contributed by atoms with van der Waals surface area (Å²) in [5, 5.41) is 0. The van der Waals surface area contributed by atoms with Crippen molar-refractivity contribution in [2.24, 2.45) is 0 Å². The van der Waals surface area contributed by atoms with E-state index < -0.39 is 16.1 Å². The fourth-order valence-corrected chi connectivity index (χ4v) is 4.61. The summed E-state index contributed by atoms with van der Waals surface area (Å²) in [5.41, 5.74) is 5.60. The van der Waals surface area contributed by atoms with Crippen LogP contribution < -0.4 is 10.2 Å². The molecule has 0 saturated heterocycles. The molecule has 0 saturated carbocycles. The molecule has 1 atom stereocenters. The Morgan fingerprint density at radius 1 is 0.857 bits per heavy atom. The lowest BCUT2D eigenvalue weighted by Crippen LogP contribution is -2.39. The normalized spacial score (nSPS) is 17.0. The van der Waals surface area contributed by atoms with Gasteiger partial charge in [-0.25, -0.2) is 8.42 Å². The van der Waals surface area contributed by atoms with E-state index in [2.05, 4.69) is 5.43 Å². The topological polar surface area (TPSA) is 58.6 Å². The third-order valence-electron chi connectivity index (χ3n) is 4.65. The van der Waals surface area contributed by atoms with Gasteiger partial charge in [0.25, 0.3) is 10.0 Å². The van der Waals surface area contributed by atoms with E-state index in [1.165, 1.54) is 4.41 Å². The number of rotatable bonds is 5. The predicted octanol–water partition coefficient (Wildman–Crippen LogP) is 3.99. The Hall–Kier alpha value is -3.09. The van der Waals surface area contributed by atoms with Gasteiger partial charge in [0.1, 0.15) is 5.75 Å². The van der Waals surface area contributed by atoms with Crippen molar-refractivity contribution >= 4 is 15.7 Å². The second kappa shape index (κ2) is 7.50.